The van der Waals surface area contributed by atoms with E-state index in [9.17, 15) is 9.90 Å². The van der Waals surface area contributed by atoms with Crippen molar-refractivity contribution in [2.45, 2.75) is 70.1 Å². The number of fused-ring (bicyclic) bond motifs is 1. The van der Waals surface area contributed by atoms with Crippen LogP contribution < -0.4 is 25.4 Å². The van der Waals surface area contributed by atoms with E-state index in [0.29, 0.717) is 36.2 Å². The number of allylic oxidation sites excluding steroid dienone is 1. The van der Waals surface area contributed by atoms with E-state index in [1.165, 1.54) is 18.5 Å². The Morgan fingerprint density at radius 1 is 0.857 bits per heavy atom. The first-order chi connectivity index (χ1) is 27.2. The van der Waals surface area contributed by atoms with E-state index in [4.69, 9.17) is 21.1 Å². The summed E-state index contributed by atoms with van der Waals surface area (Å²) >= 11 is 0. The van der Waals surface area contributed by atoms with E-state index in [2.05, 4.69) is 67.2 Å². The van der Waals surface area contributed by atoms with Crippen molar-refractivity contribution in [1.82, 2.24) is 15.1 Å². The molecule has 2 atom stereocenters. The van der Waals surface area contributed by atoms with Crippen molar-refractivity contribution in [3.05, 3.63) is 89.5 Å². The molecule has 0 aromatic heterocycles. The monoisotopic (exact) mass is 777 g/mol. The molecule has 0 aliphatic carbocycles. The Kier molecular flexibility index (Phi) is 13.1. The smallest absolute Gasteiger partial charge is 0.245 e. The van der Waals surface area contributed by atoms with E-state index in [1.807, 2.05) is 12.1 Å². The van der Waals surface area contributed by atoms with Gasteiger partial charge in [0, 0.05) is 98.4 Å². The molecule has 56 heavy (non-hydrogen) atoms. The largest absolute Gasteiger partial charge is 0.507 e. The standard InChI is InChI=1S/C43H56N9O3P/c1-30-6-13-42(54)48-29-56-55-41-12-11-36(26-32(41)28-47-30)52-24-22-51(23-25-52)35-16-20-50(21-17-35)34-14-18-49(19-15-34)33-9-7-31(8-10-33)38(43(45)46)27-39(44)37-4-2-3-5-40(37)53/h2-5,7-12,26-27,29-30,34-35,44,47,53,56H,6,13-25,28H2,1H3,(H3,45,46)/b38-27-,44-39?,48-29?. The van der Waals surface area contributed by atoms with Crippen molar-refractivity contribution >= 4 is 49.2 Å². The predicted octanol–water partition coefficient (Wildman–Crippen LogP) is 5.83. The second-order valence-electron chi connectivity index (χ2n) is 15.4. The third-order valence-electron chi connectivity index (χ3n) is 11.9. The Morgan fingerprint density at radius 2 is 1.50 bits per heavy atom. The van der Waals surface area contributed by atoms with Gasteiger partial charge in [0.2, 0.25) is 5.91 Å². The second kappa shape index (κ2) is 18.6. The van der Waals surface area contributed by atoms with Crippen LogP contribution in [0.15, 0.2) is 77.8 Å². The zero-order valence-corrected chi connectivity index (χ0v) is 33.4. The van der Waals surface area contributed by atoms with E-state index in [-0.39, 0.29) is 38.1 Å². The topological polar surface area (TPSA) is 158 Å². The number of phenolic OH excluding ortho intramolecular Hbond substituents is 1. The number of rotatable bonds is 8. The number of amides is 1. The molecule has 1 amide bonds. The summed E-state index contributed by atoms with van der Waals surface area (Å²) in [5.74, 6) is 2.30. The van der Waals surface area contributed by atoms with E-state index in [0.717, 1.165) is 94.2 Å². The number of anilines is 2. The zero-order chi connectivity index (χ0) is 39.0. The Balaban J connectivity index is 0.864. The van der Waals surface area contributed by atoms with Gasteiger partial charge in [-0.25, -0.2) is 4.99 Å². The summed E-state index contributed by atoms with van der Waals surface area (Å²) in [6.07, 6.45) is 7.53. The molecule has 3 saturated heterocycles. The third kappa shape index (κ3) is 9.84. The highest BCUT2D eigenvalue weighted by molar-refractivity contribution is 7.51. The van der Waals surface area contributed by atoms with Crippen molar-refractivity contribution in [3.63, 3.8) is 0 Å². The van der Waals surface area contributed by atoms with E-state index in [1.54, 1.807) is 36.3 Å². The molecule has 0 radical (unpaired) electrons. The number of likely N-dealkylation sites (tertiary alicyclic amines) is 1. The van der Waals surface area contributed by atoms with Gasteiger partial charge in [0.15, 0.2) is 0 Å². The SMILES string of the molecule is CC1CCC(=O)N=CPOc2ccc(N3CCN(C4CCN(C5CCN(c6ccc(/C(=C/C(=N)c7ccccc7O)C(=N)N)cc6)CC5)CC4)CC3)cc2CN1. The van der Waals surface area contributed by atoms with Crippen LogP contribution in [0, 0.1) is 10.8 Å². The summed E-state index contributed by atoms with van der Waals surface area (Å²) in [6, 6.07) is 22.9. The van der Waals surface area contributed by atoms with Crippen LogP contribution in [-0.4, -0.2) is 109 Å². The number of carbonyl (C=O) groups is 1. The van der Waals surface area contributed by atoms with Crippen molar-refractivity contribution in [2.75, 3.05) is 62.2 Å². The number of phenols is 1. The van der Waals surface area contributed by atoms with E-state index >= 15 is 0 Å². The van der Waals surface area contributed by atoms with Gasteiger partial charge >= 0.3 is 0 Å². The van der Waals surface area contributed by atoms with Crippen LogP contribution in [0.3, 0.4) is 0 Å². The second-order valence-corrected chi connectivity index (χ2v) is 16.1. The molecule has 13 heteroatoms. The highest BCUT2D eigenvalue weighted by Crippen LogP contribution is 2.32. The van der Waals surface area contributed by atoms with Gasteiger partial charge < -0.3 is 40.8 Å². The Labute approximate surface area is 332 Å². The van der Waals surface area contributed by atoms with Crippen LogP contribution in [-0.2, 0) is 11.3 Å². The molecule has 2 unspecified atom stereocenters. The molecule has 12 nitrogen and oxygen atoms in total. The highest BCUT2D eigenvalue weighted by atomic mass is 31.1. The average molecular weight is 778 g/mol. The molecule has 0 bridgehead atoms. The van der Waals surface area contributed by atoms with Gasteiger partial charge in [-0.2, -0.15) is 0 Å². The van der Waals surface area contributed by atoms with Crippen LogP contribution in [0.1, 0.15) is 62.1 Å². The van der Waals surface area contributed by atoms with Crippen LogP contribution >= 0.6 is 8.81 Å². The van der Waals surface area contributed by atoms with Gasteiger partial charge in [-0.15, -0.1) is 0 Å². The molecule has 6 N–H and O–H groups in total. The molecule has 0 spiro atoms. The lowest BCUT2D eigenvalue weighted by atomic mass is 9.96. The number of piperazine rings is 1. The number of nitrogens with two attached hydrogens (primary N) is 1. The van der Waals surface area contributed by atoms with Crippen molar-refractivity contribution in [3.8, 4) is 11.5 Å². The summed E-state index contributed by atoms with van der Waals surface area (Å²) in [5.41, 5.74) is 11.3. The minimum absolute atomic E-state index is 0.0249. The molecular formula is C43H56N9O3P. The number of carbonyl (C=O) groups excluding carboxylic acids is 1. The van der Waals surface area contributed by atoms with Gasteiger partial charge in [-0.3, -0.25) is 15.1 Å². The molecule has 0 saturated carbocycles. The van der Waals surface area contributed by atoms with Crippen LogP contribution in [0.25, 0.3) is 5.57 Å². The molecule has 3 aromatic carbocycles. The summed E-state index contributed by atoms with van der Waals surface area (Å²) in [5, 5.41) is 30.4. The number of para-hydroxylation sites is 1. The number of nitrogens with one attached hydrogen (secondary N) is 3. The average Bonchev–Trinajstić information content (AvgIpc) is 3.23. The highest BCUT2D eigenvalue weighted by Gasteiger charge is 2.32. The van der Waals surface area contributed by atoms with Gasteiger partial charge in [0.1, 0.15) is 26.1 Å². The Morgan fingerprint density at radius 3 is 2.20 bits per heavy atom. The number of benzene rings is 3. The summed E-state index contributed by atoms with van der Waals surface area (Å²) in [6.45, 7) is 11.4. The maximum absolute atomic E-state index is 11.9. The van der Waals surface area contributed by atoms with Crippen LogP contribution in [0.5, 0.6) is 11.5 Å². The zero-order valence-electron chi connectivity index (χ0n) is 32.4. The number of hydrogen-bond donors (Lipinski definition) is 5. The first-order valence-corrected chi connectivity index (χ1v) is 21.1. The molecule has 296 valence electrons. The number of aliphatic imine (C=N–C) groups is 1. The lowest BCUT2D eigenvalue weighted by molar-refractivity contribution is -0.117. The normalized spacial score (nSPS) is 21.9. The van der Waals surface area contributed by atoms with Crippen molar-refractivity contribution in [1.29, 1.82) is 10.8 Å². The third-order valence-corrected chi connectivity index (χ3v) is 12.5. The Hall–Kier alpha value is -4.61. The summed E-state index contributed by atoms with van der Waals surface area (Å²) in [4.78, 5) is 26.4. The van der Waals surface area contributed by atoms with Crippen LogP contribution in [0.2, 0.25) is 0 Å². The fourth-order valence-corrected chi connectivity index (χ4v) is 9.10. The van der Waals surface area contributed by atoms with Crippen molar-refractivity contribution in [2.24, 2.45) is 10.7 Å². The fourth-order valence-electron chi connectivity index (χ4n) is 8.52. The van der Waals surface area contributed by atoms with Gasteiger partial charge in [0.05, 0.1) is 11.7 Å². The maximum atomic E-state index is 11.9. The minimum Gasteiger partial charge on any atom is -0.507 e. The molecule has 4 heterocycles. The Bertz CT molecular complexity index is 1910. The first-order valence-electron chi connectivity index (χ1n) is 20.1. The minimum atomic E-state index is -0.112. The quantitative estimate of drug-likeness (QED) is 0.108. The number of nitrogens with zero attached hydrogens (tertiary/aromatic N) is 5. The fraction of sp³-hybridized carbons (Fsp3) is 0.442. The molecule has 4 aliphatic rings. The molecular weight excluding hydrogens is 722 g/mol. The van der Waals surface area contributed by atoms with Crippen LogP contribution in [0.4, 0.5) is 11.4 Å². The summed E-state index contributed by atoms with van der Waals surface area (Å²) < 4.78 is 6.03. The van der Waals surface area contributed by atoms with Gasteiger partial charge in [0.25, 0.3) is 0 Å². The molecule has 7 rings (SSSR count). The summed E-state index contributed by atoms with van der Waals surface area (Å²) in [7, 11) is 0.0249. The molecule has 3 aromatic rings. The number of piperidine rings is 2. The maximum Gasteiger partial charge on any atom is 0.245 e. The number of aromatic hydroxyl groups is 1. The predicted molar refractivity (Wildman–Crippen MR) is 229 cm³/mol. The van der Waals surface area contributed by atoms with Gasteiger partial charge in [-0.1, -0.05) is 24.3 Å². The lowest BCUT2D eigenvalue weighted by Crippen LogP contribution is -2.55. The van der Waals surface area contributed by atoms with Gasteiger partial charge in [-0.05, 0) is 106 Å². The number of amidine groups is 1. The first kappa shape index (κ1) is 39.6. The number of hydrogen-bond acceptors (Lipinski definition) is 10. The molecule has 4 aliphatic heterocycles. The lowest BCUT2D eigenvalue weighted by Gasteiger charge is -2.46. The molecule has 3 fully saturated rings. The van der Waals surface area contributed by atoms with E-state index < -0.39 is 0 Å². The van der Waals surface area contributed by atoms with Crippen molar-refractivity contribution < 1.29 is 14.4 Å².